The molecule has 1 unspecified atom stereocenters. The minimum Gasteiger partial charge on any atom is -0.480 e. The van der Waals surface area contributed by atoms with E-state index in [0.717, 1.165) is 11.1 Å². The van der Waals surface area contributed by atoms with Crippen molar-refractivity contribution in [3.63, 3.8) is 0 Å². The summed E-state index contributed by atoms with van der Waals surface area (Å²) in [5, 5.41) is 14.5. The topological polar surface area (TPSA) is 108 Å². The van der Waals surface area contributed by atoms with E-state index in [1.807, 2.05) is 31.2 Å². The number of hydrogen-bond acceptors (Lipinski definition) is 5. The van der Waals surface area contributed by atoms with Crippen molar-refractivity contribution in [2.45, 2.75) is 31.7 Å². The molecule has 2 aromatic carbocycles. The normalized spacial score (nSPS) is 14.1. The molecule has 2 aromatic rings. The van der Waals surface area contributed by atoms with Gasteiger partial charge in [0.1, 0.15) is 12.6 Å². The van der Waals surface area contributed by atoms with Gasteiger partial charge in [-0.2, -0.15) is 0 Å². The summed E-state index contributed by atoms with van der Waals surface area (Å²) in [6.07, 6.45) is 0.212. The van der Waals surface area contributed by atoms with Crippen LogP contribution >= 0.6 is 0 Å². The first kappa shape index (κ1) is 25.2. The number of ether oxygens (including phenoxy) is 1. The number of nitrogens with zero attached hydrogens (tertiary/aromatic N) is 1. The van der Waals surface area contributed by atoms with Gasteiger partial charge in [0.2, 0.25) is 5.91 Å². The Kier molecular flexibility index (Phi) is 8.65. The van der Waals surface area contributed by atoms with Gasteiger partial charge in [-0.25, -0.2) is 9.59 Å². The summed E-state index contributed by atoms with van der Waals surface area (Å²) in [6.45, 7) is 2.76. The zero-order valence-corrected chi connectivity index (χ0v) is 19.9. The lowest BCUT2D eigenvalue weighted by molar-refractivity contribution is -0.142. The standard InChI is InChI=1S/C26H33N3O5/c1-17(12-13-24(30)28-23(25(31)32)15-29(2)3)14-27-26(33)34-16-22-20-10-6-4-8-18(20)19-9-5-7-11-21(19)22/h4-11,17,22-23H,12-16H2,1-3H3,(H,27,33)(H,28,30)(H,31,32)/t17?,23-/m0/s1. The van der Waals surface area contributed by atoms with Gasteiger partial charge in [-0.05, 0) is 48.7 Å². The number of likely N-dealkylation sites (N-methyl/N-ethyl adjacent to an activating group) is 1. The molecule has 8 heteroatoms. The van der Waals surface area contributed by atoms with Crippen LogP contribution in [-0.4, -0.2) is 67.8 Å². The first-order valence-corrected chi connectivity index (χ1v) is 11.5. The maximum Gasteiger partial charge on any atom is 0.407 e. The Labute approximate surface area is 200 Å². The molecule has 0 bridgehead atoms. The van der Waals surface area contributed by atoms with Gasteiger partial charge >= 0.3 is 12.1 Å². The van der Waals surface area contributed by atoms with Gasteiger partial charge in [0.25, 0.3) is 0 Å². The van der Waals surface area contributed by atoms with Crippen LogP contribution in [0.2, 0.25) is 0 Å². The van der Waals surface area contributed by atoms with Crippen molar-refractivity contribution < 1.29 is 24.2 Å². The molecule has 3 rings (SSSR count). The van der Waals surface area contributed by atoms with E-state index in [1.165, 1.54) is 11.1 Å². The van der Waals surface area contributed by atoms with Crippen LogP contribution in [-0.2, 0) is 14.3 Å². The second kappa shape index (κ2) is 11.7. The molecule has 0 aromatic heterocycles. The van der Waals surface area contributed by atoms with Crippen LogP contribution in [0.3, 0.4) is 0 Å². The van der Waals surface area contributed by atoms with Crippen LogP contribution in [0, 0.1) is 5.92 Å². The predicted octanol–water partition coefficient (Wildman–Crippen LogP) is 3.07. The summed E-state index contributed by atoms with van der Waals surface area (Å²) in [6, 6.07) is 15.4. The largest absolute Gasteiger partial charge is 0.480 e. The number of carboxylic acids is 1. The van der Waals surface area contributed by atoms with E-state index in [4.69, 9.17) is 4.74 Å². The number of amides is 2. The summed E-state index contributed by atoms with van der Waals surface area (Å²) in [5.41, 5.74) is 4.67. The highest BCUT2D eigenvalue weighted by molar-refractivity contribution is 5.83. The maximum atomic E-state index is 12.3. The Bertz CT molecular complexity index is 978. The number of nitrogens with one attached hydrogen (secondary N) is 2. The van der Waals surface area contributed by atoms with E-state index in [2.05, 4.69) is 34.9 Å². The third-order valence-electron chi connectivity index (χ3n) is 5.98. The van der Waals surface area contributed by atoms with Crippen LogP contribution < -0.4 is 10.6 Å². The maximum absolute atomic E-state index is 12.3. The van der Waals surface area contributed by atoms with Gasteiger partial charge in [-0.3, -0.25) is 4.79 Å². The van der Waals surface area contributed by atoms with E-state index in [0.29, 0.717) is 13.0 Å². The molecule has 0 saturated carbocycles. The zero-order valence-electron chi connectivity index (χ0n) is 19.9. The first-order valence-electron chi connectivity index (χ1n) is 11.5. The van der Waals surface area contributed by atoms with Crippen LogP contribution in [0.4, 0.5) is 4.79 Å². The molecule has 0 fully saturated rings. The Morgan fingerprint density at radius 3 is 2.18 bits per heavy atom. The fourth-order valence-electron chi connectivity index (χ4n) is 4.20. The average Bonchev–Trinajstić information content (AvgIpc) is 3.13. The highest BCUT2D eigenvalue weighted by atomic mass is 16.5. The molecule has 3 N–H and O–H groups in total. The molecule has 8 nitrogen and oxygen atoms in total. The Balaban J connectivity index is 1.42. The van der Waals surface area contributed by atoms with Gasteiger partial charge in [-0.1, -0.05) is 55.5 Å². The smallest absolute Gasteiger partial charge is 0.407 e. The number of aliphatic carboxylic acids is 1. The predicted molar refractivity (Wildman–Crippen MR) is 130 cm³/mol. The van der Waals surface area contributed by atoms with Crippen molar-refractivity contribution in [1.82, 2.24) is 15.5 Å². The Hall–Kier alpha value is -3.39. The minimum atomic E-state index is -1.06. The van der Waals surface area contributed by atoms with E-state index < -0.39 is 18.1 Å². The molecule has 1 aliphatic rings. The van der Waals surface area contributed by atoms with Gasteiger partial charge in [-0.15, -0.1) is 0 Å². The van der Waals surface area contributed by atoms with Crippen molar-refractivity contribution in [1.29, 1.82) is 0 Å². The number of carbonyl (C=O) groups excluding carboxylic acids is 2. The van der Waals surface area contributed by atoms with E-state index in [9.17, 15) is 19.5 Å². The van der Waals surface area contributed by atoms with Crippen molar-refractivity contribution in [3.8, 4) is 11.1 Å². The highest BCUT2D eigenvalue weighted by Gasteiger charge is 2.29. The fraction of sp³-hybridized carbons (Fsp3) is 0.423. The van der Waals surface area contributed by atoms with Gasteiger partial charge in [0.05, 0.1) is 0 Å². The van der Waals surface area contributed by atoms with Crippen molar-refractivity contribution in [3.05, 3.63) is 59.7 Å². The van der Waals surface area contributed by atoms with Crippen molar-refractivity contribution in [2.24, 2.45) is 5.92 Å². The summed E-state index contributed by atoms with van der Waals surface area (Å²) in [4.78, 5) is 37.4. The lowest BCUT2D eigenvalue weighted by Gasteiger charge is -2.19. The molecular formula is C26H33N3O5. The second-order valence-corrected chi connectivity index (χ2v) is 9.07. The number of rotatable bonds is 11. The number of fused-ring (bicyclic) bond motifs is 3. The molecule has 34 heavy (non-hydrogen) atoms. The lowest BCUT2D eigenvalue weighted by Crippen LogP contribution is -2.47. The molecule has 0 heterocycles. The summed E-state index contributed by atoms with van der Waals surface area (Å²) >= 11 is 0. The van der Waals surface area contributed by atoms with E-state index >= 15 is 0 Å². The Morgan fingerprint density at radius 2 is 1.62 bits per heavy atom. The van der Waals surface area contributed by atoms with Crippen molar-refractivity contribution >= 4 is 18.0 Å². The molecule has 0 saturated heterocycles. The number of benzene rings is 2. The van der Waals surface area contributed by atoms with Gasteiger partial charge in [0, 0.05) is 25.4 Å². The first-order chi connectivity index (χ1) is 16.3. The summed E-state index contributed by atoms with van der Waals surface area (Å²) < 4.78 is 5.53. The van der Waals surface area contributed by atoms with Crippen LogP contribution in [0.1, 0.15) is 36.8 Å². The van der Waals surface area contributed by atoms with Crippen LogP contribution in [0.15, 0.2) is 48.5 Å². The molecule has 2 atom stereocenters. The third-order valence-corrected chi connectivity index (χ3v) is 5.98. The van der Waals surface area contributed by atoms with E-state index in [1.54, 1.807) is 19.0 Å². The quantitative estimate of drug-likeness (QED) is 0.469. The molecular weight excluding hydrogens is 434 g/mol. The monoisotopic (exact) mass is 467 g/mol. The van der Waals surface area contributed by atoms with Gasteiger partial charge in [0.15, 0.2) is 0 Å². The molecule has 182 valence electrons. The van der Waals surface area contributed by atoms with E-state index in [-0.39, 0.29) is 37.3 Å². The van der Waals surface area contributed by atoms with Crippen LogP contribution in [0.25, 0.3) is 11.1 Å². The van der Waals surface area contributed by atoms with Gasteiger partial charge < -0.3 is 25.4 Å². The zero-order chi connectivity index (χ0) is 24.7. The Morgan fingerprint density at radius 1 is 1.03 bits per heavy atom. The number of hydrogen-bond donors (Lipinski definition) is 3. The van der Waals surface area contributed by atoms with Crippen LogP contribution in [0.5, 0.6) is 0 Å². The molecule has 0 aliphatic heterocycles. The number of carboxylic acid groups (broad SMARTS) is 1. The number of alkyl carbamates (subject to hydrolysis) is 1. The second-order valence-electron chi connectivity index (χ2n) is 9.07. The third kappa shape index (κ3) is 6.57. The van der Waals surface area contributed by atoms with Crippen molar-refractivity contribution in [2.75, 3.05) is 33.8 Å². The summed E-state index contributed by atoms with van der Waals surface area (Å²) in [7, 11) is 3.50. The highest BCUT2D eigenvalue weighted by Crippen LogP contribution is 2.44. The molecule has 0 spiro atoms. The minimum absolute atomic E-state index is 0.00335. The number of carbonyl (C=O) groups is 3. The molecule has 2 amide bonds. The SMILES string of the molecule is CC(CCC(=O)N[C@@H](CN(C)C)C(=O)O)CNC(=O)OCC1c2ccccc2-c2ccccc21. The molecule has 0 radical (unpaired) electrons. The fourth-order valence-corrected chi connectivity index (χ4v) is 4.20. The summed E-state index contributed by atoms with van der Waals surface area (Å²) in [5.74, 6) is -1.35. The molecule has 1 aliphatic carbocycles. The lowest BCUT2D eigenvalue weighted by atomic mass is 9.98. The average molecular weight is 468 g/mol.